The molecule has 1 aliphatic heterocycles. The van der Waals surface area contributed by atoms with Crippen molar-refractivity contribution in [1.82, 2.24) is 4.57 Å². The summed E-state index contributed by atoms with van der Waals surface area (Å²) in [6, 6.07) is 62.9. The number of hydrogen-bond donors (Lipinski definition) is 0. The van der Waals surface area contributed by atoms with E-state index in [1.165, 1.54) is 38.6 Å². The van der Waals surface area contributed by atoms with Crippen LogP contribution in [0.5, 0.6) is 11.5 Å². The number of furan rings is 1. The standard InChI is InChI=1S/C51H35NO2/c1-51(2)41-20-10-12-23-47(41)54-49-36(19-13-21-42(49)51)37-26-29-45(48-38-18-9-11-22-46(38)53-50(37)48)52-43-27-24-34(32-14-5-3-6-15-32)30-39(43)40-31-35(25-28-44(40)52)33-16-7-4-8-17-33/h3-31H,1-2H3. The van der Waals surface area contributed by atoms with Gasteiger partial charge in [0.25, 0.3) is 0 Å². The topological polar surface area (TPSA) is 27.3 Å². The SMILES string of the molecule is CC1(C)c2ccccc2Oc2c(-c3ccc(-n4c5ccc(-c6ccccc6)cc5c5cc(-c6ccccc6)ccc54)c4c3oc3ccccc34)cccc21. The summed E-state index contributed by atoms with van der Waals surface area (Å²) in [4.78, 5) is 0. The Labute approximate surface area is 313 Å². The van der Waals surface area contributed by atoms with Gasteiger partial charge in [0.2, 0.25) is 0 Å². The van der Waals surface area contributed by atoms with Crippen LogP contribution >= 0.6 is 0 Å². The number of hydrogen-bond acceptors (Lipinski definition) is 2. The Balaban J connectivity index is 1.20. The first-order valence-electron chi connectivity index (χ1n) is 18.6. The van der Waals surface area contributed by atoms with Crippen molar-refractivity contribution in [2.24, 2.45) is 0 Å². The van der Waals surface area contributed by atoms with E-state index >= 15 is 0 Å². The predicted octanol–water partition coefficient (Wildman–Crippen LogP) is 14.1. The van der Waals surface area contributed by atoms with Crippen LogP contribution in [0.2, 0.25) is 0 Å². The Morgan fingerprint density at radius 2 is 1.07 bits per heavy atom. The van der Waals surface area contributed by atoms with Gasteiger partial charge in [0.15, 0.2) is 0 Å². The van der Waals surface area contributed by atoms with Gasteiger partial charge in [-0.1, -0.05) is 141 Å². The molecule has 3 heteroatoms. The molecule has 256 valence electrons. The van der Waals surface area contributed by atoms with Gasteiger partial charge in [0.1, 0.15) is 22.7 Å². The first-order chi connectivity index (χ1) is 26.5. The van der Waals surface area contributed by atoms with Gasteiger partial charge < -0.3 is 13.7 Å². The number of para-hydroxylation sites is 3. The minimum Gasteiger partial charge on any atom is -0.456 e. The predicted molar refractivity (Wildman–Crippen MR) is 223 cm³/mol. The van der Waals surface area contributed by atoms with Crippen molar-refractivity contribution in [2.45, 2.75) is 19.3 Å². The molecular formula is C51H35NO2. The number of aromatic nitrogens is 1. The highest BCUT2D eigenvalue weighted by Gasteiger charge is 2.36. The monoisotopic (exact) mass is 693 g/mol. The highest BCUT2D eigenvalue weighted by atomic mass is 16.5. The third-order valence-corrected chi connectivity index (χ3v) is 11.5. The van der Waals surface area contributed by atoms with Gasteiger partial charge in [-0.3, -0.25) is 0 Å². The molecule has 0 spiro atoms. The van der Waals surface area contributed by atoms with Crippen LogP contribution in [0.25, 0.3) is 82.8 Å². The maximum atomic E-state index is 6.90. The molecule has 1 aliphatic rings. The van der Waals surface area contributed by atoms with E-state index in [1.54, 1.807) is 0 Å². The van der Waals surface area contributed by atoms with Crippen molar-refractivity contribution in [1.29, 1.82) is 0 Å². The van der Waals surface area contributed by atoms with E-state index in [2.05, 4.69) is 182 Å². The van der Waals surface area contributed by atoms with Crippen LogP contribution < -0.4 is 4.74 Å². The molecule has 3 nitrogen and oxygen atoms in total. The largest absolute Gasteiger partial charge is 0.456 e. The summed E-state index contributed by atoms with van der Waals surface area (Å²) in [5, 5.41) is 4.58. The minimum atomic E-state index is -0.229. The normalized spacial score (nSPS) is 13.3. The minimum absolute atomic E-state index is 0.229. The molecular weight excluding hydrogens is 659 g/mol. The number of nitrogens with zero attached hydrogens (tertiary/aromatic N) is 1. The van der Waals surface area contributed by atoms with E-state index in [1.807, 2.05) is 12.1 Å². The van der Waals surface area contributed by atoms with E-state index in [0.717, 1.165) is 66.8 Å². The van der Waals surface area contributed by atoms with Crippen molar-refractivity contribution >= 4 is 43.7 Å². The molecule has 0 fully saturated rings. The Bertz CT molecular complexity index is 3000. The quantitative estimate of drug-likeness (QED) is 0.183. The second kappa shape index (κ2) is 11.6. The summed E-state index contributed by atoms with van der Waals surface area (Å²) in [6.07, 6.45) is 0. The van der Waals surface area contributed by atoms with Crippen LogP contribution in [-0.4, -0.2) is 4.57 Å². The molecule has 2 aromatic heterocycles. The molecule has 0 aliphatic carbocycles. The van der Waals surface area contributed by atoms with Gasteiger partial charge in [-0.15, -0.1) is 0 Å². The summed E-state index contributed by atoms with van der Waals surface area (Å²) >= 11 is 0. The zero-order valence-electron chi connectivity index (χ0n) is 30.0. The zero-order chi connectivity index (χ0) is 36.0. The fraction of sp³-hybridized carbons (Fsp3) is 0.0588. The van der Waals surface area contributed by atoms with Crippen molar-refractivity contribution in [3.05, 3.63) is 187 Å². The maximum Gasteiger partial charge on any atom is 0.145 e. The average Bonchev–Trinajstić information content (AvgIpc) is 3.77. The molecule has 10 aromatic rings. The molecule has 0 amide bonds. The Morgan fingerprint density at radius 3 is 1.78 bits per heavy atom. The molecule has 0 radical (unpaired) electrons. The summed E-state index contributed by atoms with van der Waals surface area (Å²) in [6.45, 7) is 4.57. The van der Waals surface area contributed by atoms with Gasteiger partial charge in [-0.2, -0.15) is 0 Å². The van der Waals surface area contributed by atoms with Gasteiger partial charge in [-0.25, -0.2) is 0 Å². The van der Waals surface area contributed by atoms with Gasteiger partial charge in [-0.05, 0) is 70.8 Å². The first-order valence-corrected chi connectivity index (χ1v) is 18.6. The summed E-state index contributed by atoms with van der Waals surface area (Å²) in [5.41, 5.74) is 14.0. The van der Waals surface area contributed by atoms with E-state index < -0.39 is 0 Å². The van der Waals surface area contributed by atoms with Gasteiger partial charge in [0.05, 0.1) is 22.1 Å². The zero-order valence-corrected chi connectivity index (χ0v) is 30.0. The number of rotatable bonds is 4. The number of ether oxygens (including phenoxy) is 1. The fourth-order valence-electron chi connectivity index (χ4n) is 8.79. The molecule has 8 aromatic carbocycles. The van der Waals surface area contributed by atoms with Crippen LogP contribution in [0.1, 0.15) is 25.0 Å². The third kappa shape index (κ3) is 4.48. The molecule has 0 bridgehead atoms. The van der Waals surface area contributed by atoms with Gasteiger partial charge >= 0.3 is 0 Å². The Morgan fingerprint density at radius 1 is 0.463 bits per heavy atom. The summed E-state index contributed by atoms with van der Waals surface area (Å²) < 4.78 is 16.1. The number of benzene rings is 8. The van der Waals surface area contributed by atoms with Crippen molar-refractivity contribution in [3.8, 4) is 50.6 Å². The fourth-order valence-corrected chi connectivity index (χ4v) is 8.79. The molecule has 0 unspecified atom stereocenters. The molecule has 0 N–H and O–H groups in total. The van der Waals surface area contributed by atoms with Crippen LogP contribution in [0, 0.1) is 0 Å². The van der Waals surface area contributed by atoms with Crippen molar-refractivity contribution in [2.75, 3.05) is 0 Å². The van der Waals surface area contributed by atoms with Gasteiger partial charge in [0, 0.05) is 43.8 Å². The van der Waals surface area contributed by atoms with Crippen molar-refractivity contribution in [3.63, 3.8) is 0 Å². The van der Waals surface area contributed by atoms with E-state index in [4.69, 9.17) is 9.15 Å². The van der Waals surface area contributed by atoms with E-state index in [0.29, 0.717) is 0 Å². The maximum absolute atomic E-state index is 6.90. The molecule has 0 saturated heterocycles. The summed E-state index contributed by atoms with van der Waals surface area (Å²) in [7, 11) is 0. The van der Waals surface area contributed by atoms with Crippen molar-refractivity contribution < 1.29 is 9.15 Å². The first kappa shape index (κ1) is 30.8. The highest BCUT2D eigenvalue weighted by Crippen LogP contribution is 2.53. The van der Waals surface area contributed by atoms with Crippen LogP contribution in [0.3, 0.4) is 0 Å². The molecule has 0 saturated carbocycles. The summed E-state index contributed by atoms with van der Waals surface area (Å²) in [5.74, 6) is 1.78. The average molecular weight is 694 g/mol. The second-order valence-electron chi connectivity index (χ2n) is 14.9. The lowest BCUT2D eigenvalue weighted by molar-refractivity contribution is 0.419. The van der Waals surface area contributed by atoms with Crippen LogP contribution in [-0.2, 0) is 5.41 Å². The lowest BCUT2D eigenvalue weighted by atomic mass is 9.75. The Kier molecular flexibility index (Phi) is 6.60. The molecule has 54 heavy (non-hydrogen) atoms. The molecule has 3 heterocycles. The van der Waals surface area contributed by atoms with Crippen LogP contribution in [0.15, 0.2) is 180 Å². The lowest BCUT2D eigenvalue weighted by Crippen LogP contribution is -2.24. The third-order valence-electron chi connectivity index (χ3n) is 11.5. The van der Waals surface area contributed by atoms with E-state index in [9.17, 15) is 0 Å². The van der Waals surface area contributed by atoms with E-state index in [-0.39, 0.29) is 5.41 Å². The lowest BCUT2D eigenvalue weighted by Gasteiger charge is -2.35. The molecule has 11 rings (SSSR count). The van der Waals surface area contributed by atoms with Crippen LogP contribution in [0.4, 0.5) is 0 Å². The Hall–Kier alpha value is -6.84. The smallest absolute Gasteiger partial charge is 0.145 e. The number of fused-ring (bicyclic) bond motifs is 8. The highest BCUT2D eigenvalue weighted by molar-refractivity contribution is 6.17. The second-order valence-corrected chi connectivity index (χ2v) is 14.9. The molecule has 0 atom stereocenters.